The van der Waals surface area contributed by atoms with E-state index in [9.17, 15) is 22.7 Å². The number of phenols is 1. The van der Waals surface area contributed by atoms with Crippen LogP contribution in [0.2, 0.25) is 5.02 Å². The molecule has 232 valence electrons. The summed E-state index contributed by atoms with van der Waals surface area (Å²) in [5, 5.41) is 13.5. The molecule has 0 spiro atoms. The van der Waals surface area contributed by atoms with Crippen LogP contribution in [0.4, 0.5) is 20.2 Å². The number of rotatable bonds is 5. The lowest BCUT2D eigenvalue weighted by Gasteiger charge is -2.37. The summed E-state index contributed by atoms with van der Waals surface area (Å²) in [7, 11) is -4.15. The zero-order valence-electron chi connectivity index (χ0n) is 24.4. The molecular weight excluding hydrogens is 622 g/mol. The van der Waals surface area contributed by atoms with Gasteiger partial charge in [0.25, 0.3) is 5.91 Å². The van der Waals surface area contributed by atoms with Gasteiger partial charge in [-0.05, 0) is 53.8 Å². The molecule has 4 aromatic rings. The third-order valence-corrected chi connectivity index (χ3v) is 10.5. The van der Waals surface area contributed by atoms with Gasteiger partial charge in [-0.2, -0.15) is 0 Å². The lowest BCUT2D eigenvalue weighted by Crippen LogP contribution is -2.41. The van der Waals surface area contributed by atoms with E-state index in [-0.39, 0.29) is 63.4 Å². The van der Waals surface area contributed by atoms with E-state index in [0.29, 0.717) is 0 Å². The Bertz CT molecular complexity index is 1960. The molecule has 0 saturated heterocycles. The Morgan fingerprint density at radius 1 is 1.02 bits per heavy atom. The number of nitrogens with zero attached hydrogens (tertiary/aromatic N) is 1. The number of phenolic OH excluding ortho intramolecular Hbond substituents is 1. The normalized spacial score (nSPS) is 18.3. The van der Waals surface area contributed by atoms with E-state index in [1.165, 1.54) is 42.5 Å². The summed E-state index contributed by atoms with van der Waals surface area (Å²) < 4.78 is 65.0. The number of allylic oxidation sites excluding steroid dienone is 1. The second-order valence-corrected chi connectivity index (χ2v) is 14.2. The Balaban J connectivity index is 1.58. The van der Waals surface area contributed by atoms with E-state index in [2.05, 4.69) is 5.32 Å². The molecule has 2 aliphatic rings. The maximum atomic E-state index is 16.3. The molecule has 2 N–H and O–H groups in total. The number of para-hydroxylation sites is 1. The summed E-state index contributed by atoms with van der Waals surface area (Å²) in [6.07, 6.45) is 0.217. The van der Waals surface area contributed by atoms with Crippen molar-refractivity contribution in [1.82, 2.24) is 0 Å². The fraction of sp³-hybridized carbons (Fsp3) is 0.206. The number of benzene rings is 4. The Morgan fingerprint density at radius 3 is 2.49 bits per heavy atom. The van der Waals surface area contributed by atoms with Crippen molar-refractivity contribution >= 4 is 38.7 Å². The fourth-order valence-corrected chi connectivity index (χ4v) is 8.53. The van der Waals surface area contributed by atoms with Crippen molar-refractivity contribution in [1.29, 1.82) is 0 Å². The van der Waals surface area contributed by atoms with E-state index in [0.717, 1.165) is 22.6 Å². The number of halogens is 3. The van der Waals surface area contributed by atoms with Crippen molar-refractivity contribution in [3.63, 3.8) is 0 Å². The molecule has 0 radical (unpaired) electrons. The SMILES string of the molecule is CC1(C)CC2=C(C(c3ccc(OCc4ccccc4)cc3F)N(C(=O)c3cccc(F)c3Cl)c3cccc(O)c3N2)S(=O)(=O)C1. The number of hydrogen-bond acceptors (Lipinski definition) is 6. The zero-order valence-corrected chi connectivity index (χ0v) is 25.9. The van der Waals surface area contributed by atoms with Gasteiger partial charge in [-0.25, -0.2) is 17.2 Å². The van der Waals surface area contributed by atoms with E-state index >= 15 is 4.39 Å². The van der Waals surface area contributed by atoms with Crippen LogP contribution >= 0.6 is 11.6 Å². The minimum atomic E-state index is -4.15. The summed E-state index contributed by atoms with van der Waals surface area (Å²) in [4.78, 5) is 15.3. The van der Waals surface area contributed by atoms with E-state index in [1.807, 2.05) is 30.3 Å². The molecule has 2 aliphatic heterocycles. The van der Waals surface area contributed by atoms with Crippen LogP contribution in [0.3, 0.4) is 0 Å². The first-order valence-corrected chi connectivity index (χ1v) is 16.2. The predicted octanol–water partition coefficient (Wildman–Crippen LogP) is 7.77. The van der Waals surface area contributed by atoms with Gasteiger partial charge < -0.3 is 15.2 Å². The van der Waals surface area contributed by atoms with Gasteiger partial charge in [-0.1, -0.05) is 67.9 Å². The van der Waals surface area contributed by atoms with Gasteiger partial charge in [0.15, 0.2) is 9.84 Å². The van der Waals surface area contributed by atoms with E-state index in [1.54, 1.807) is 13.8 Å². The van der Waals surface area contributed by atoms with Crippen LogP contribution in [0.15, 0.2) is 95.5 Å². The molecule has 1 atom stereocenters. The van der Waals surface area contributed by atoms with Crippen molar-refractivity contribution in [2.75, 3.05) is 16.0 Å². The zero-order chi connectivity index (χ0) is 32.1. The van der Waals surface area contributed by atoms with Gasteiger partial charge in [0, 0.05) is 17.3 Å². The highest BCUT2D eigenvalue weighted by atomic mass is 35.5. The van der Waals surface area contributed by atoms with Crippen LogP contribution in [-0.2, 0) is 16.4 Å². The van der Waals surface area contributed by atoms with Gasteiger partial charge in [0.2, 0.25) is 0 Å². The average Bonchev–Trinajstić information content (AvgIpc) is 3.12. The maximum Gasteiger partial charge on any atom is 0.260 e. The summed E-state index contributed by atoms with van der Waals surface area (Å²) >= 11 is 6.26. The van der Waals surface area contributed by atoms with Crippen LogP contribution in [0.25, 0.3) is 0 Å². The standard InChI is InChI=1S/C34H29ClF2N2O5S/c1-34(2)17-26-32(45(42,43)19-34)31(22-15-14-21(16-25(22)37)44-18-20-8-4-3-5-9-20)39(27-12-7-13-28(40)30(27)38-26)33(41)23-10-6-11-24(36)29(23)35/h3-16,31,38,40H,17-19H2,1-2H3. The van der Waals surface area contributed by atoms with Crippen molar-refractivity contribution in [2.45, 2.75) is 32.9 Å². The van der Waals surface area contributed by atoms with Gasteiger partial charge in [-0.3, -0.25) is 9.69 Å². The van der Waals surface area contributed by atoms with E-state index in [4.69, 9.17) is 16.3 Å². The van der Waals surface area contributed by atoms with Crippen LogP contribution < -0.4 is 15.0 Å². The summed E-state index contributed by atoms with van der Waals surface area (Å²) in [6, 6.07) is 19.8. The molecule has 0 fully saturated rings. The highest BCUT2D eigenvalue weighted by Crippen LogP contribution is 2.52. The lowest BCUT2D eigenvalue weighted by atomic mass is 9.88. The monoisotopic (exact) mass is 650 g/mol. The van der Waals surface area contributed by atoms with Crippen molar-refractivity contribution < 1.29 is 31.8 Å². The minimum absolute atomic E-state index is 0.0458. The molecule has 6 rings (SSSR count). The highest BCUT2D eigenvalue weighted by Gasteiger charge is 2.48. The Labute approximate surface area is 264 Å². The van der Waals surface area contributed by atoms with Crippen molar-refractivity contribution in [3.05, 3.63) is 129 Å². The van der Waals surface area contributed by atoms with Gasteiger partial charge in [0.1, 0.15) is 41.5 Å². The second kappa shape index (κ2) is 11.5. The topological polar surface area (TPSA) is 95.9 Å². The maximum absolute atomic E-state index is 16.3. The van der Waals surface area contributed by atoms with Gasteiger partial charge >= 0.3 is 0 Å². The number of nitrogens with one attached hydrogen (secondary N) is 1. The summed E-state index contributed by atoms with van der Waals surface area (Å²) in [6.45, 7) is 3.74. The lowest BCUT2D eigenvalue weighted by molar-refractivity contribution is 0.0980. The third kappa shape index (κ3) is 5.76. The summed E-state index contributed by atoms with van der Waals surface area (Å²) in [5.74, 6) is -2.94. The number of fused-ring (bicyclic) bond motifs is 1. The molecular formula is C34H29ClF2N2O5S. The first-order chi connectivity index (χ1) is 21.4. The number of sulfone groups is 1. The summed E-state index contributed by atoms with van der Waals surface area (Å²) in [5.41, 5.74) is 0.0408. The molecule has 11 heteroatoms. The number of carbonyl (C=O) groups is 1. The first kappa shape index (κ1) is 30.6. The molecule has 2 heterocycles. The Morgan fingerprint density at radius 2 is 1.76 bits per heavy atom. The molecule has 1 unspecified atom stereocenters. The van der Waals surface area contributed by atoms with Crippen LogP contribution in [0.5, 0.6) is 11.5 Å². The molecule has 0 saturated carbocycles. The molecule has 45 heavy (non-hydrogen) atoms. The predicted molar refractivity (Wildman–Crippen MR) is 169 cm³/mol. The second-order valence-electron chi connectivity index (χ2n) is 11.9. The minimum Gasteiger partial charge on any atom is -0.506 e. The van der Waals surface area contributed by atoms with Gasteiger partial charge in [-0.15, -0.1) is 0 Å². The Hall–Kier alpha value is -4.41. The largest absolute Gasteiger partial charge is 0.506 e. The molecule has 4 aromatic carbocycles. The molecule has 1 amide bonds. The number of aromatic hydroxyl groups is 1. The molecule has 0 aliphatic carbocycles. The first-order valence-electron chi connectivity index (χ1n) is 14.1. The van der Waals surface area contributed by atoms with Crippen LogP contribution in [-0.4, -0.2) is 25.2 Å². The highest BCUT2D eigenvalue weighted by molar-refractivity contribution is 7.95. The number of hydrogen-bond donors (Lipinski definition) is 2. The smallest absolute Gasteiger partial charge is 0.260 e. The number of ether oxygens (including phenoxy) is 1. The molecule has 0 bridgehead atoms. The van der Waals surface area contributed by atoms with Crippen molar-refractivity contribution in [3.8, 4) is 11.5 Å². The fourth-order valence-electron chi connectivity index (χ4n) is 5.97. The quantitative estimate of drug-likeness (QED) is 0.214. The van der Waals surface area contributed by atoms with Crippen LogP contribution in [0, 0.1) is 17.0 Å². The average molecular weight is 651 g/mol. The Kier molecular flexibility index (Phi) is 7.82. The molecule has 7 nitrogen and oxygen atoms in total. The third-order valence-electron chi connectivity index (χ3n) is 7.85. The molecule has 0 aromatic heterocycles. The van der Waals surface area contributed by atoms with Gasteiger partial charge in [0.05, 0.1) is 26.9 Å². The number of anilines is 2. The van der Waals surface area contributed by atoms with Crippen molar-refractivity contribution in [2.24, 2.45) is 5.41 Å². The van der Waals surface area contributed by atoms with Crippen LogP contribution in [0.1, 0.15) is 47.8 Å². The number of amides is 1. The number of carbonyl (C=O) groups excluding carboxylic acids is 1. The van der Waals surface area contributed by atoms with E-state index < -0.39 is 43.9 Å².